The number of carbonyl (C=O) groups is 1. The van der Waals surface area contributed by atoms with Crippen LogP contribution in [0.15, 0.2) is 0 Å². The average molecular weight is 226 g/mol. The van der Waals surface area contributed by atoms with Crippen LogP contribution in [0, 0.1) is 5.41 Å². The Kier molecular flexibility index (Phi) is 3.82. The summed E-state index contributed by atoms with van der Waals surface area (Å²) in [7, 11) is 0. The van der Waals surface area contributed by atoms with Gasteiger partial charge in [-0.25, -0.2) is 5.48 Å². The third kappa shape index (κ3) is 2.38. The largest absolute Gasteiger partial charge is 0.329 e. The van der Waals surface area contributed by atoms with Gasteiger partial charge in [-0.1, -0.05) is 25.7 Å². The highest BCUT2D eigenvalue weighted by atomic mass is 16.7. The molecule has 2 aliphatic rings. The van der Waals surface area contributed by atoms with Gasteiger partial charge in [-0.15, -0.1) is 0 Å². The van der Waals surface area contributed by atoms with Crippen LogP contribution in [-0.2, 0) is 9.63 Å². The minimum Gasteiger partial charge on any atom is -0.329 e. The number of amides is 1. The molecule has 0 aromatic rings. The van der Waals surface area contributed by atoms with Crippen LogP contribution in [0.1, 0.15) is 51.4 Å². The van der Waals surface area contributed by atoms with Gasteiger partial charge in [0, 0.05) is 6.54 Å². The first kappa shape index (κ1) is 11.9. The van der Waals surface area contributed by atoms with Crippen molar-refractivity contribution in [2.75, 3.05) is 6.54 Å². The van der Waals surface area contributed by atoms with Crippen molar-refractivity contribution in [2.45, 2.75) is 57.5 Å². The van der Waals surface area contributed by atoms with Crippen molar-refractivity contribution in [2.24, 2.45) is 11.1 Å². The first-order chi connectivity index (χ1) is 7.77. The summed E-state index contributed by atoms with van der Waals surface area (Å²) in [5, 5.41) is 0. The van der Waals surface area contributed by atoms with Gasteiger partial charge in [-0.3, -0.25) is 9.63 Å². The fourth-order valence-corrected chi connectivity index (χ4v) is 2.83. The molecule has 0 unspecified atom stereocenters. The van der Waals surface area contributed by atoms with Gasteiger partial charge in [0.1, 0.15) is 0 Å². The molecule has 0 radical (unpaired) electrons. The first-order valence-corrected chi connectivity index (χ1v) is 6.43. The monoisotopic (exact) mass is 226 g/mol. The molecule has 3 N–H and O–H groups in total. The van der Waals surface area contributed by atoms with E-state index in [-0.39, 0.29) is 17.4 Å². The molecule has 4 nitrogen and oxygen atoms in total. The van der Waals surface area contributed by atoms with Crippen LogP contribution >= 0.6 is 0 Å². The van der Waals surface area contributed by atoms with E-state index in [1.54, 1.807) is 0 Å². The number of carbonyl (C=O) groups excluding carboxylic acids is 1. The molecule has 0 saturated heterocycles. The standard InChI is InChI=1S/C12H22N2O2/c13-9-12(7-3-4-8-12)11(15)14-16-10-5-1-2-6-10/h10H,1-9,13H2,(H,14,15). The lowest BCUT2D eigenvalue weighted by molar-refractivity contribution is -0.148. The molecule has 1 amide bonds. The van der Waals surface area contributed by atoms with Crippen molar-refractivity contribution in [1.29, 1.82) is 0 Å². The Bertz CT molecular complexity index is 243. The summed E-state index contributed by atoms with van der Waals surface area (Å²) in [6, 6.07) is 0. The molecule has 0 bridgehead atoms. The smallest absolute Gasteiger partial charge is 0.251 e. The predicted octanol–water partition coefficient (Wildman–Crippen LogP) is 1.50. The van der Waals surface area contributed by atoms with Gasteiger partial charge < -0.3 is 5.73 Å². The van der Waals surface area contributed by atoms with E-state index >= 15 is 0 Å². The van der Waals surface area contributed by atoms with E-state index in [2.05, 4.69) is 5.48 Å². The minimum absolute atomic E-state index is 0.000556. The van der Waals surface area contributed by atoms with Crippen LogP contribution in [0.4, 0.5) is 0 Å². The molecular formula is C12H22N2O2. The van der Waals surface area contributed by atoms with E-state index in [0.717, 1.165) is 38.5 Å². The third-order valence-corrected chi connectivity index (χ3v) is 4.05. The molecule has 92 valence electrons. The zero-order valence-corrected chi connectivity index (χ0v) is 9.84. The molecule has 0 aromatic heterocycles. The molecule has 4 heteroatoms. The number of nitrogens with two attached hydrogens (primary N) is 1. The van der Waals surface area contributed by atoms with Gasteiger partial charge in [-0.2, -0.15) is 0 Å². The van der Waals surface area contributed by atoms with Gasteiger partial charge in [0.25, 0.3) is 5.91 Å². The Labute approximate surface area is 96.9 Å². The van der Waals surface area contributed by atoms with Gasteiger partial charge in [0.2, 0.25) is 0 Å². The Morgan fingerprint density at radius 2 is 1.88 bits per heavy atom. The predicted molar refractivity (Wildman–Crippen MR) is 61.4 cm³/mol. The molecule has 0 spiro atoms. The fraction of sp³-hybridized carbons (Fsp3) is 0.917. The molecule has 2 aliphatic carbocycles. The first-order valence-electron chi connectivity index (χ1n) is 6.43. The number of hydrogen-bond acceptors (Lipinski definition) is 3. The van der Waals surface area contributed by atoms with Crippen molar-refractivity contribution in [3.8, 4) is 0 Å². The highest BCUT2D eigenvalue weighted by molar-refractivity contribution is 5.82. The maximum absolute atomic E-state index is 12.0. The zero-order valence-electron chi connectivity index (χ0n) is 9.84. The van der Waals surface area contributed by atoms with E-state index in [0.29, 0.717) is 6.54 Å². The quantitative estimate of drug-likeness (QED) is 0.714. The maximum Gasteiger partial charge on any atom is 0.251 e. The van der Waals surface area contributed by atoms with Crippen molar-refractivity contribution < 1.29 is 9.63 Å². The van der Waals surface area contributed by atoms with Gasteiger partial charge in [0.15, 0.2) is 0 Å². The van der Waals surface area contributed by atoms with Gasteiger partial charge in [-0.05, 0) is 25.7 Å². The van der Waals surface area contributed by atoms with Gasteiger partial charge in [0.05, 0.1) is 11.5 Å². The second kappa shape index (κ2) is 5.15. The maximum atomic E-state index is 12.0. The molecule has 16 heavy (non-hydrogen) atoms. The molecule has 0 heterocycles. The highest BCUT2D eigenvalue weighted by Gasteiger charge is 2.40. The summed E-state index contributed by atoms with van der Waals surface area (Å²) in [5.41, 5.74) is 8.03. The van der Waals surface area contributed by atoms with Crippen LogP contribution in [0.5, 0.6) is 0 Å². The normalized spacial score (nSPS) is 24.8. The Hall–Kier alpha value is -0.610. The van der Waals surface area contributed by atoms with E-state index in [1.165, 1.54) is 12.8 Å². The van der Waals surface area contributed by atoms with Crippen molar-refractivity contribution >= 4 is 5.91 Å². The molecular weight excluding hydrogens is 204 g/mol. The SMILES string of the molecule is NCC1(C(=O)NOC2CCCC2)CCCC1. The van der Waals surface area contributed by atoms with Crippen molar-refractivity contribution in [3.63, 3.8) is 0 Å². The zero-order chi connectivity index (χ0) is 11.4. The van der Waals surface area contributed by atoms with E-state index in [9.17, 15) is 4.79 Å². The Balaban J connectivity index is 1.81. The summed E-state index contributed by atoms with van der Waals surface area (Å²) in [5.74, 6) is -0.000556. The number of hydrogen-bond donors (Lipinski definition) is 2. The summed E-state index contributed by atoms with van der Waals surface area (Å²) in [6.07, 6.45) is 8.80. The van der Waals surface area contributed by atoms with E-state index in [1.807, 2.05) is 0 Å². The number of hydroxylamine groups is 1. The van der Waals surface area contributed by atoms with Crippen LogP contribution in [0.2, 0.25) is 0 Å². The molecule has 2 saturated carbocycles. The van der Waals surface area contributed by atoms with Crippen LogP contribution in [-0.4, -0.2) is 18.6 Å². The van der Waals surface area contributed by atoms with E-state index < -0.39 is 0 Å². The molecule has 0 aromatic carbocycles. The molecule has 0 aliphatic heterocycles. The summed E-state index contributed by atoms with van der Waals surface area (Å²) < 4.78 is 0. The number of rotatable bonds is 4. The lowest BCUT2D eigenvalue weighted by Gasteiger charge is -2.26. The Morgan fingerprint density at radius 3 is 2.44 bits per heavy atom. The second-order valence-corrected chi connectivity index (χ2v) is 5.15. The third-order valence-electron chi connectivity index (χ3n) is 4.05. The van der Waals surface area contributed by atoms with Crippen molar-refractivity contribution in [1.82, 2.24) is 5.48 Å². The Morgan fingerprint density at radius 1 is 1.25 bits per heavy atom. The highest BCUT2D eigenvalue weighted by Crippen LogP contribution is 2.37. The average Bonchev–Trinajstić information content (AvgIpc) is 2.97. The van der Waals surface area contributed by atoms with E-state index in [4.69, 9.17) is 10.6 Å². The molecule has 2 rings (SSSR count). The lowest BCUT2D eigenvalue weighted by Crippen LogP contribution is -2.45. The summed E-state index contributed by atoms with van der Waals surface area (Å²) >= 11 is 0. The second-order valence-electron chi connectivity index (χ2n) is 5.15. The number of nitrogens with one attached hydrogen (secondary N) is 1. The fourth-order valence-electron chi connectivity index (χ4n) is 2.83. The minimum atomic E-state index is -0.349. The van der Waals surface area contributed by atoms with Gasteiger partial charge >= 0.3 is 0 Å². The van der Waals surface area contributed by atoms with Crippen LogP contribution in [0.3, 0.4) is 0 Å². The topological polar surface area (TPSA) is 64.4 Å². The van der Waals surface area contributed by atoms with Crippen LogP contribution in [0.25, 0.3) is 0 Å². The van der Waals surface area contributed by atoms with Crippen LogP contribution < -0.4 is 11.2 Å². The summed E-state index contributed by atoms with van der Waals surface area (Å²) in [4.78, 5) is 17.5. The molecule has 0 atom stereocenters. The summed E-state index contributed by atoms with van der Waals surface area (Å²) in [6.45, 7) is 0.437. The molecule has 2 fully saturated rings. The lowest BCUT2D eigenvalue weighted by atomic mass is 9.86. The van der Waals surface area contributed by atoms with Crippen molar-refractivity contribution in [3.05, 3.63) is 0 Å².